The zero-order valence-corrected chi connectivity index (χ0v) is 9.77. The van der Waals surface area contributed by atoms with Crippen molar-refractivity contribution >= 4 is 29.1 Å². The predicted octanol–water partition coefficient (Wildman–Crippen LogP) is 2.48. The molecule has 0 aliphatic rings. The van der Waals surface area contributed by atoms with Crippen molar-refractivity contribution in [1.82, 2.24) is 5.43 Å². The highest BCUT2D eigenvalue weighted by atomic mass is 35.5. The van der Waals surface area contributed by atoms with E-state index >= 15 is 0 Å². The lowest BCUT2D eigenvalue weighted by Crippen LogP contribution is -2.34. The summed E-state index contributed by atoms with van der Waals surface area (Å²) in [5, 5.41) is 0.968. The zero-order chi connectivity index (χ0) is 11.4. The van der Waals surface area contributed by atoms with Crippen LogP contribution in [0, 0.1) is 0 Å². The molecule has 0 saturated heterocycles. The SMILES string of the molecule is CCC(C(=O)NN)c1c(Cl)cccc1Cl. The molecule has 1 aromatic carbocycles. The standard InChI is InChI=1S/C10H12Cl2N2O/c1-2-6(10(15)14-13)9-7(11)4-3-5-8(9)12/h3-6H,2,13H2,1H3,(H,14,15). The largest absolute Gasteiger partial charge is 0.294 e. The van der Waals surface area contributed by atoms with Crippen LogP contribution < -0.4 is 11.3 Å². The number of amides is 1. The molecule has 0 aromatic heterocycles. The first-order valence-corrected chi connectivity index (χ1v) is 5.31. The summed E-state index contributed by atoms with van der Waals surface area (Å²) in [5.74, 6) is 4.41. The summed E-state index contributed by atoms with van der Waals surface area (Å²) in [7, 11) is 0. The normalized spacial score (nSPS) is 12.3. The number of halogens is 2. The highest BCUT2D eigenvalue weighted by Gasteiger charge is 2.22. The Hall–Kier alpha value is -0.770. The first-order chi connectivity index (χ1) is 7.11. The fraction of sp³-hybridized carbons (Fsp3) is 0.300. The van der Waals surface area contributed by atoms with E-state index in [1.54, 1.807) is 18.2 Å². The van der Waals surface area contributed by atoms with Crippen molar-refractivity contribution in [1.29, 1.82) is 0 Å². The van der Waals surface area contributed by atoms with Crippen LogP contribution in [0.4, 0.5) is 0 Å². The number of rotatable bonds is 3. The Labute approximate surface area is 98.5 Å². The van der Waals surface area contributed by atoms with Crippen LogP contribution in [0.15, 0.2) is 18.2 Å². The van der Waals surface area contributed by atoms with Crippen LogP contribution >= 0.6 is 23.2 Å². The van der Waals surface area contributed by atoms with Gasteiger partial charge in [-0.25, -0.2) is 5.84 Å². The topological polar surface area (TPSA) is 55.1 Å². The molecule has 0 radical (unpaired) electrons. The second-order valence-corrected chi connectivity index (χ2v) is 3.92. The van der Waals surface area contributed by atoms with Crippen LogP contribution in [-0.4, -0.2) is 5.91 Å². The molecule has 0 saturated carbocycles. The van der Waals surface area contributed by atoms with E-state index in [-0.39, 0.29) is 5.91 Å². The molecule has 3 nitrogen and oxygen atoms in total. The zero-order valence-electron chi connectivity index (χ0n) is 8.26. The molecule has 1 rings (SSSR count). The third-order valence-electron chi connectivity index (χ3n) is 2.22. The van der Waals surface area contributed by atoms with Gasteiger partial charge in [-0.3, -0.25) is 10.2 Å². The molecule has 0 bridgehead atoms. The van der Waals surface area contributed by atoms with Crippen molar-refractivity contribution in [2.24, 2.45) is 5.84 Å². The smallest absolute Gasteiger partial charge is 0.241 e. The number of nitrogens with two attached hydrogens (primary N) is 1. The third kappa shape index (κ3) is 2.62. The maximum absolute atomic E-state index is 11.5. The van der Waals surface area contributed by atoms with Crippen molar-refractivity contribution in [3.63, 3.8) is 0 Å². The molecule has 1 aromatic rings. The van der Waals surface area contributed by atoms with Crippen molar-refractivity contribution in [3.8, 4) is 0 Å². The van der Waals surface area contributed by atoms with Gasteiger partial charge in [-0.1, -0.05) is 36.2 Å². The lowest BCUT2D eigenvalue weighted by atomic mass is 9.95. The number of hydrogen-bond donors (Lipinski definition) is 2. The van der Waals surface area contributed by atoms with E-state index in [1.807, 2.05) is 6.92 Å². The Balaban J connectivity index is 3.17. The van der Waals surface area contributed by atoms with Crippen LogP contribution in [0.1, 0.15) is 24.8 Å². The van der Waals surface area contributed by atoms with Crippen LogP contribution in [0.3, 0.4) is 0 Å². The fourth-order valence-corrected chi connectivity index (χ4v) is 2.13. The number of nitrogens with one attached hydrogen (secondary N) is 1. The van der Waals surface area contributed by atoms with Gasteiger partial charge in [0.2, 0.25) is 5.91 Å². The lowest BCUT2D eigenvalue weighted by molar-refractivity contribution is -0.122. The number of carbonyl (C=O) groups excluding carboxylic acids is 1. The van der Waals surface area contributed by atoms with Gasteiger partial charge in [-0.05, 0) is 18.6 Å². The summed E-state index contributed by atoms with van der Waals surface area (Å²) in [5.41, 5.74) is 2.74. The number of benzene rings is 1. The molecule has 15 heavy (non-hydrogen) atoms. The van der Waals surface area contributed by atoms with Crippen molar-refractivity contribution in [2.75, 3.05) is 0 Å². The molecular formula is C10H12Cl2N2O. The molecule has 5 heteroatoms. The monoisotopic (exact) mass is 246 g/mol. The van der Waals surface area contributed by atoms with Gasteiger partial charge in [0.05, 0.1) is 5.92 Å². The molecule has 1 atom stereocenters. The van der Waals surface area contributed by atoms with Gasteiger partial charge in [0.15, 0.2) is 0 Å². The quantitative estimate of drug-likeness (QED) is 0.489. The summed E-state index contributed by atoms with van der Waals surface area (Å²) in [6, 6.07) is 5.14. The third-order valence-corrected chi connectivity index (χ3v) is 2.87. The highest BCUT2D eigenvalue weighted by Crippen LogP contribution is 2.33. The van der Waals surface area contributed by atoms with Crippen LogP contribution in [0.25, 0.3) is 0 Å². The van der Waals surface area contributed by atoms with E-state index in [0.717, 1.165) is 0 Å². The van der Waals surface area contributed by atoms with Gasteiger partial charge in [0.25, 0.3) is 0 Å². The second-order valence-electron chi connectivity index (χ2n) is 3.10. The van der Waals surface area contributed by atoms with Gasteiger partial charge in [-0.2, -0.15) is 0 Å². The maximum atomic E-state index is 11.5. The van der Waals surface area contributed by atoms with E-state index in [0.29, 0.717) is 22.0 Å². The number of carbonyl (C=O) groups is 1. The molecule has 0 aliphatic carbocycles. The van der Waals surface area contributed by atoms with Gasteiger partial charge in [0, 0.05) is 15.6 Å². The Bertz CT molecular complexity index is 348. The summed E-state index contributed by atoms with van der Waals surface area (Å²) in [6.07, 6.45) is 0.590. The molecule has 0 spiro atoms. The predicted molar refractivity (Wildman–Crippen MR) is 61.8 cm³/mol. The average molecular weight is 247 g/mol. The molecule has 82 valence electrons. The molecular weight excluding hydrogens is 235 g/mol. The second kappa shape index (κ2) is 5.35. The van der Waals surface area contributed by atoms with Crippen molar-refractivity contribution in [3.05, 3.63) is 33.8 Å². The van der Waals surface area contributed by atoms with Gasteiger partial charge in [-0.15, -0.1) is 0 Å². The lowest BCUT2D eigenvalue weighted by Gasteiger charge is -2.16. The molecule has 1 amide bonds. The minimum Gasteiger partial charge on any atom is -0.294 e. The minimum absolute atomic E-state index is 0.285. The maximum Gasteiger partial charge on any atom is 0.241 e. The van der Waals surface area contributed by atoms with Crippen LogP contribution in [-0.2, 0) is 4.79 Å². The molecule has 0 heterocycles. The average Bonchev–Trinajstić information content (AvgIpc) is 2.22. The van der Waals surface area contributed by atoms with Crippen LogP contribution in [0.5, 0.6) is 0 Å². The van der Waals surface area contributed by atoms with E-state index in [9.17, 15) is 4.79 Å². The summed E-state index contributed by atoms with van der Waals surface area (Å²) in [4.78, 5) is 11.5. The first-order valence-electron chi connectivity index (χ1n) is 4.56. The Morgan fingerprint density at radius 1 is 1.47 bits per heavy atom. The van der Waals surface area contributed by atoms with E-state index in [2.05, 4.69) is 5.43 Å². The van der Waals surface area contributed by atoms with E-state index < -0.39 is 5.92 Å². The summed E-state index contributed by atoms with van der Waals surface area (Å²) < 4.78 is 0. The molecule has 1 unspecified atom stereocenters. The minimum atomic E-state index is -0.406. The van der Waals surface area contributed by atoms with E-state index in [1.165, 1.54) is 0 Å². The van der Waals surface area contributed by atoms with E-state index in [4.69, 9.17) is 29.0 Å². The van der Waals surface area contributed by atoms with Crippen LogP contribution in [0.2, 0.25) is 10.0 Å². The van der Waals surface area contributed by atoms with Gasteiger partial charge < -0.3 is 0 Å². The molecule has 0 fully saturated rings. The van der Waals surface area contributed by atoms with Gasteiger partial charge in [0.1, 0.15) is 0 Å². The first kappa shape index (κ1) is 12.3. The van der Waals surface area contributed by atoms with Gasteiger partial charge >= 0.3 is 0 Å². The molecule has 3 N–H and O–H groups in total. The number of hydrazine groups is 1. The Morgan fingerprint density at radius 2 is 2.00 bits per heavy atom. The highest BCUT2D eigenvalue weighted by molar-refractivity contribution is 6.36. The van der Waals surface area contributed by atoms with Crippen molar-refractivity contribution < 1.29 is 4.79 Å². The Morgan fingerprint density at radius 3 is 2.40 bits per heavy atom. The Kier molecular flexibility index (Phi) is 4.39. The summed E-state index contributed by atoms with van der Waals surface area (Å²) >= 11 is 12.0. The number of hydrogen-bond acceptors (Lipinski definition) is 2. The summed E-state index contributed by atoms with van der Waals surface area (Å²) in [6.45, 7) is 1.87. The van der Waals surface area contributed by atoms with Crippen molar-refractivity contribution in [2.45, 2.75) is 19.3 Å². The molecule has 0 aliphatic heterocycles. The fourth-order valence-electron chi connectivity index (χ4n) is 1.46.